The fraction of sp³-hybridized carbons (Fsp3) is 0.444. The van der Waals surface area contributed by atoms with E-state index in [1.54, 1.807) is 0 Å². The average Bonchev–Trinajstić information content (AvgIpc) is 2.81. The molecule has 0 amide bonds. The summed E-state index contributed by atoms with van der Waals surface area (Å²) in [4.78, 5) is 5.32. The lowest BCUT2D eigenvalue weighted by Crippen LogP contribution is -2.38. The van der Waals surface area contributed by atoms with E-state index < -0.39 is 0 Å². The number of hydrogen-bond acceptors (Lipinski definition) is 2. The van der Waals surface area contributed by atoms with Gasteiger partial charge in [-0.05, 0) is 30.7 Å². The summed E-state index contributed by atoms with van der Waals surface area (Å²) in [6.45, 7) is 7.23. The first kappa shape index (κ1) is 12.2. The molecule has 3 saturated heterocycles. The molecule has 3 heterocycles. The van der Waals surface area contributed by atoms with Gasteiger partial charge in [-0.1, -0.05) is 36.4 Å². The van der Waals surface area contributed by atoms with Crippen molar-refractivity contribution in [3.63, 3.8) is 0 Å². The zero-order valence-corrected chi connectivity index (χ0v) is 12.2. The van der Waals surface area contributed by atoms with E-state index >= 15 is 0 Å². The van der Waals surface area contributed by atoms with Gasteiger partial charge in [0.05, 0.1) is 0 Å². The highest BCUT2D eigenvalue weighted by molar-refractivity contribution is 5.96. The third-order valence-corrected chi connectivity index (χ3v) is 5.04. The van der Waals surface area contributed by atoms with Crippen molar-refractivity contribution in [3.8, 4) is 0 Å². The molecule has 104 valence electrons. The molecule has 0 unspecified atom stereocenters. The molecule has 0 saturated carbocycles. The van der Waals surface area contributed by atoms with Crippen molar-refractivity contribution in [2.24, 2.45) is 0 Å². The molecule has 3 aliphatic heterocycles. The maximum absolute atomic E-state index is 2.70. The molecule has 3 aliphatic rings. The Balaban J connectivity index is 1.86. The van der Waals surface area contributed by atoms with Crippen molar-refractivity contribution in [1.29, 1.82) is 0 Å². The molecule has 0 aliphatic carbocycles. The zero-order chi connectivity index (χ0) is 13.5. The van der Waals surface area contributed by atoms with E-state index in [1.165, 1.54) is 61.0 Å². The number of benzene rings is 2. The molecule has 20 heavy (non-hydrogen) atoms. The average molecular weight is 266 g/mol. The highest BCUT2D eigenvalue weighted by atomic mass is 15.3. The van der Waals surface area contributed by atoms with Gasteiger partial charge in [0.1, 0.15) is 0 Å². The number of aryl methyl sites for hydroxylation is 1. The van der Waals surface area contributed by atoms with Crippen LogP contribution in [0.2, 0.25) is 0 Å². The third kappa shape index (κ3) is 1.90. The summed E-state index contributed by atoms with van der Waals surface area (Å²) in [6.07, 6.45) is 2.64. The molecule has 0 N–H and O–H groups in total. The first-order chi connectivity index (χ1) is 9.83. The van der Waals surface area contributed by atoms with Crippen LogP contribution in [0.25, 0.3) is 10.8 Å². The first-order valence-corrected chi connectivity index (χ1v) is 7.80. The summed E-state index contributed by atoms with van der Waals surface area (Å²) in [5.41, 5.74) is 2.90. The number of fused-ring (bicyclic) bond motifs is 5. The number of piperidine rings is 1. The normalized spacial score (nSPS) is 25.9. The summed E-state index contributed by atoms with van der Waals surface area (Å²) in [5.74, 6) is 0. The Hall–Kier alpha value is -1.54. The topological polar surface area (TPSA) is 6.48 Å². The van der Waals surface area contributed by atoms with Crippen LogP contribution in [-0.4, -0.2) is 37.1 Å². The Kier molecular flexibility index (Phi) is 2.92. The van der Waals surface area contributed by atoms with Gasteiger partial charge in [-0.15, -0.1) is 0 Å². The molecule has 2 nitrogen and oxygen atoms in total. The predicted octanol–water partition coefficient (Wildman–Crippen LogP) is 3.43. The van der Waals surface area contributed by atoms with Crippen molar-refractivity contribution < 1.29 is 0 Å². The molecule has 2 bridgehead atoms. The molecule has 0 atom stereocenters. The van der Waals surface area contributed by atoms with Crippen molar-refractivity contribution in [3.05, 3.63) is 42.0 Å². The van der Waals surface area contributed by atoms with Crippen LogP contribution in [-0.2, 0) is 0 Å². The Morgan fingerprint density at radius 1 is 0.900 bits per heavy atom. The maximum Gasteiger partial charge on any atom is 0.0478 e. The van der Waals surface area contributed by atoms with Gasteiger partial charge in [0.25, 0.3) is 0 Å². The van der Waals surface area contributed by atoms with E-state index in [9.17, 15) is 0 Å². The summed E-state index contributed by atoms with van der Waals surface area (Å²) in [7, 11) is 0. The van der Waals surface area contributed by atoms with Gasteiger partial charge in [-0.3, -0.25) is 0 Å². The van der Waals surface area contributed by atoms with Crippen molar-refractivity contribution in [2.45, 2.75) is 25.8 Å². The lowest BCUT2D eigenvalue weighted by atomic mass is 9.99. The lowest BCUT2D eigenvalue weighted by molar-refractivity contribution is 0.250. The monoisotopic (exact) mass is 266 g/mol. The Morgan fingerprint density at radius 3 is 2.55 bits per heavy atom. The van der Waals surface area contributed by atoms with E-state index in [0.29, 0.717) is 0 Å². The molecule has 0 spiro atoms. The van der Waals surface area contributed by atoms with Crippen LogP contribution >= 0.6 is 0 Å². The van der Waals surface area contributed by atoms with Crippen LogP contribution in [0, 0.1) is 6.92 Å². The van der Waals surface area contributed by atoms with Gasteiger partial charge in [0.2, 0.25) is 0 Å². The SMILES string of the molecule is Cc1ccc2ccccc2c1N1CCN2CCC1CC2. The molecular weight excluding hydrogens is 244 g/mol. The second kappa shape index (κ2) is 4.78. The van der Waals surface area contributed by atoms with Gasteiger partial charge >= 0.3 is 0 Å². The van der Waals surface area contributed by atoms with E-state index in [4.69, 9.17) is 0 Å². The van der Waals surface area contributed by atoms with Crippen LogP contribution < -0.4 is 4.90 Å². The molecule has 2 aromatic carbocycles. The number of rotatable bonds is 1. The lowest BCUT2D eigenvalue weighted by Gasteiger charge is -2.34. The van der Waals surface area contributed by atoms with E-state index in [1.807, 2.05) is 0 Å². The number of nitrogens with zero attached hydrogens (tertiary/aromatic N) is 2. The van der Waals surface area contributed by atoms with Crippen molar-refractivity contribution >= 4 is 16.5 Å². The summed E-state index contributed by atoms with van der Waals surface area (Å²) in [5, 5.41) is 2.79. The fourth-order valence-electron chi connectivity index (χ4n) is 3.93. The summed E-state index contributed by atoms with van der Waals surface area (Å²) >= 11 is 0. The molecular formula is C18H22N2. The molecule has 2 aromatic rings. The van der Waals surface area contributed by atoms with Crippen molar-refractivity contribution in [1.82, 2.24) is 4.90 Å². The minimum absolute atomic E-state index is 0.734. The van der Waals surface area contributed by atoms with Crippen LogP contribution in [0.3, 0.4) is 0 Å². The van der Waals surface area contributed by atoms with Gasteiger partial charge in [0.15, 0.2) is 0 Å². The Labute approximate surface area is 121 Å². The highest BCUT2D eigenvalue weighted by Crippen LogP contribution is 2.35. The zero-order valence-electron chi connectivity index (χ0n) is 12.2. The highest BCUT2D eigenvalue weighted by Gasteiger charge is 2.30. The minimum atomic E-state index is 0.734. The Bertz CT molecular complexity index is 626. The van der Waals surface area contributed by atoms with Gasteiger partial charge in [0, 0.05) is 43.3 Å². The van der Waals surface area contributed by atoms with Crippen LogP contribution in [0.15, 0.2) is 36.4 Å². The smallest absolute Gasteiger partial charge is 0.0478 e. The first-order valence-electron chi connectivity index (χ1n) is 7.80. The predicted molar refractivity (Wildman–Crippen MR) is 85.5 cm³/mol. The molecule has 3 fully saturated rings. The molecule has 2 heteroatoms. The number of anilines is 1. The fourth-order valence-corrected chi connectivity index (χ4v) is 3.93. The molecule has 5 rings (SSSR count). The molecule has 0 aromatic heterocycles. The van der Waals surface area contributed by atoms with Gasteiger partial charge in [-0.2, -0.15) is 0 Å². The van der Waals surface area contributed by atoms with Crippen molar-refractivity contribution in [2.75, 3.05) is 31.1 Å². The van der Waals surface area contributed by atoms with E-state index in [0.717, 1.165) is 6.04 Å². The quantitative estimate of drug-likeness (QED) is 0.780. The second-order valence-corrected chi connectivity index (χ2v) is 6.22. The van der Waals surface area contributed by atoms with E-state index in [-0.39, 0.29) is 0 Å². The second-order valence-electron chi connectivity index (χ2n) is 6.22. The summed E-state index contributed by atoms with van der Waals surface area (Å²) < 4.78 is 0. The molecule has 0 radical (unpaired) electrons. The van der Waals surface area contributed by atoms with Gasteiger partial charge in [-0.25, -0.2) is 0 Å². The largest absolute Gasteiger partial charge is 0.366 e. The van der Waals surface area contributed by atoms with Crippen LogP contribution in [0.5, 0.6) is 0 Å². The van der Waals surface area contributed by atoms with Gasteiger partial charge < -0.3 is 9.80 Å². The Morgan fingerprint density at radius 2 is 1.70 bits per heavy atom. The third-order valence-electron chi connectivity index (χ3n) is 5.04. The van der Waals surface area contributed by atoms with E-state index in [2.05, 4.69) is 53.1 Å². The minimum Gasteiger partial charge on any atom is -0.366 e. The maximum atomic E-state index is 2.70. The standard InChI is InChI=1S/C18H22N2/c1-14-6-7-15-4-2-3-5-17(15)18(14)20-13-12-19-10-8-16(20)9-11-19/h2-7,16H,8-13H2,1H3. The van der Waals surface area contributed by atoms with Crippen LogP contribution in [0.4, 0.5) is 5.69 Å². The number of hydrogen-bond donors (Lipinski definition) is 0. The summed E-state index contributed by atoms with van der Waals surface area (Å²) in [6, 6.07) is 14.1. The van der Waals surface area contributed by atoms with Crippen LogP contribution in [0.1, 0.15) is 18.4 Å².